The summed E-state index contributed by atoms with van der Waals surface area (Å²) in [5, 5.41) is 4.60. The summed E-state index contributed by atoms with van der Waals surface area (Å²) in [5.41, 5.74) is 6.83. The van der Waals surface area contributed by atoms with E-state index in [0.717, 1.165) is 0 Å². The third-order valence-electron chi connectivity index (χ3n) is 2.29. The molecule has 1 aromatic heterocycles. The van der Waals surface area contributed by atoms with Crippen molar-refractivity contribution in [1.82, 2.24) is 4.98 Å². The Bertz CT molecular complexity index is 607. The molecule has 3 N–H and O–H groups in total. The molecule has 0 saturated carbocycles. The van der Waals surface area contributed by atoms with Crippen LogP contribution in [0.25, 0.3) is 0 Å². The van der Waals surface area contributed by atoms with Crippen LogP contribution < -0.4 is 11.1 Å². The van der Waals surface area contributed by atoms with Gasteiger partial charge in [0, 0.05) is 18.0 Å². The molecule has 5 nitrogen and oxygen atoms in total. The molecule has 0 radical (unpaired) electrons. The Balaban J connectivity index is 2.16. The van der Waals surface area contributed by atoms with Gasteiger partial charge in [-0.25, -0.2) is 4.98 Å². The number of Topliss-reactive ketones (excluding diaryl/α,β-unsaturated/α-hetero) is 1. The Morgan fingerprint density at radius 3 is 2.67 bits per heavy atom. The second-order valence-corrected chi connectivity index (χ2v) is 4.49. The minimum atomic E-state index is -0.336. The van der Waals surface area contributed by atoms with Crippen LogP contribution in [-0.2, 0) is 0 Å². The highest BCUT2D eigenvalue weighted by molar-refractivity contribution is 7.14. The molecule has 0 saturated heterocycles. The van der Waals surface area contributed by atoms with E-state index in [1.54, 1.807) is 29.6 Å². The first-order valence-electron chi connectivity index (χ1n) is 5.20. The fraction of sp³-hybridized carbons (Fsp3) is 0.0833. The summed E-state index contributed by atoms with van der Waals surface area (Å²) in [6, 6.07) is 6.76. The second kappa shape index (κ2) is 4.97. The van der Waals surface area contributed by atoms with Crippen molar-refractivity contribution in [3.05, 3.63) is 40.9 Å². The van der Waals surface area contributed by atoms with Crippen LogP contribution in [0.4, 0.5) is 10.8 Å². The monoisotopic (exact) mass is 261 g/mol. The zero-order valence-electron chi connectivity index (χ0n) is 9.64. The number of nitrogens with one attached hydrogen (secondary N) is 1. The summed E-state index contributed by atoms with van der Waals surface area (Å²) in [6.07, 6.45) is 0. The van der Waals surface area contributed by atoms with Crippen LogP contribution in [0.2, 0.25) is 0 Å². The van der Waals surface area contributed by atoms with Crippen LogP contribution in [0.15, 0.2) is 29.6 Å². The van der Waals surface area contributed by atoms with Gasteiger partial charge in [-0.1, -0.05) is 12.1 Å². The van der Waals surface area contributed by atoms with Gasteiger partial charge in [0.25, 0.3) is 5.91 Å². The average Bonchev–Trinajstić information content (AvgIpc) is 2.78. The maximum Gasteiger partial charge on any atom is 0.259 e. The Kier molecular flexibility index (Phi) is 3.38. The molecule has 18 heavy (non-hydrogen) atoms. The van der Waals surface area contributed by atoms with Crippen LogP contribution >= 0.6 is 11.3 Å². The number of nitrogen functional groups attached to an aromatic ring is 1. The summed E-state index contributed by atoms with van der Waals surface area (Å²) in [4.78, 5) is 27.0. The Labute approximate surface area is 108 Å². The van der Waals surface area contributed by atoms with Gasteiger partial charge < -0.3 is 5.73 Å². The molecule has 1 aromatic carbocycles. The lowest BCUT2D eigenvalue weighted by Crippen LogP contribution is -2.13. The van der Waals surface area contributed by atoms with E-state index in [0.29, 0.717) is 22.1 Å². The number of amides is 1. The fourth-order valence-corrected chi connectivity index (χ4v) is 2.11. The van der Waals surface area contributed by atoms with Crippen molar-refractivity contribution in [2.75, 3.05) is 11.1 Å². The van der Waals surface area contributed by atoms with E-state index < -0.39 is 0 Å². The van der Waals surface area contributed by atoms with E-state index in [1.807, 2.05) is 0 Å². The van der Waals surface area contributed by atoms with E-state index in [-0.39, 0.29) is 11.7 Å². The molecule has 1 amide bonds. The number of nitrogens with two attached hydrogens (primary N) is 1. The van der Waals surface area contributed by atoms with Crippen molar-refractivity contribution in [2.45, 2.75) is 6.92 Å². The SMILES string of the molecule is CC(=O)c1csc(NC(=O)c2ccccc2N)n1. The van der Waals surface area contributed by atoms with Crippen molar-refractivity contribution in [3.8, 4) is 0 Å². The first-order chi connectivity index (χ1) is 8.58. The lowest BCUT2D eigenvalue weighted by Gasteiger charge is -2.04. The van der Waals surface area contributed by atoms with Crippen LogP contribution in [0, 0.1) is 0 Å². The minimum absolute atomic E-state index is 0.133. The molecular formula is C12H11N3O2S. The molecule has 0 atom stereocenters. The first kappa shape index (κ1) is 12.3. The van der Waals surface area contributed by atoms with Crippen LogP contribution in [-0.4, -0.2) is 16.7 Å². The molecule has 0 aliphatic rings. The number of thiazole rings is 1. The number of carbonyl (C=O) groups excluding carboxylic acids is 2. The first-order valence-corrected chi connectivity index (χ1v) is 6.08. The molecule has 0 unspecified atom stereocenters. The minimum Gasteiger partial charge on any atom is -0.398 e. The van der Waals surface area contributed by atoms with Gasteiger partial charge in [0.05, 0.1) is 5.56 Å². The molecule has 2 rings (SSSR count). The molecule has 92 valence electrons. The smallest absolute Gasteiger partial charge is 0.259 e. The van der Waals surface area contributed by atoms with Gasteiger partial charge in [0.15, 0.2) is 10.9 Å². The van der Waals surface area contributed by atoms with Crippen LogP contribution in [0.5, 0.6) is 0 Å². The Morgan fingerprint density at radius 1 is 1.33 bits per heavy atom. The van der Waals surface area contributed by atoms with Gasteiger partial charge in [-0.2, -0.15) is 0 Å². The van der Waals surface area contributed by atoms with E-state index in [9.17, 15) is 9.59 Å². The molecule has 2 aromatic rings. The molecule has 0 bridgehead atoms. The topological polar surface area (TPSA) is 85.1 Å². The lowest BCUT2D eigenvalue weighted by molar-refractivity contribution is 0.100. The molecule has 0 fully saturated rings. The standard InChI is InChI=1S/C12H11N3O2S/c1-7(16)10-6-18-12(14-10)15-11(17)8-4-2-3-5-9(8)13/h2-6H,13H2,1H3,(H,14,15,17). The van der Waals surface area contributed by atoms with Crippen molar-refractivity contribution in [1.29, 1.82) is 0 Å². The van der Waals surface area contributed by atoms with Crippen molar-refractivity contribution < 1.29 is 9.59 Å². The highest BCUT2D eigenvalue weighted by Crippen LogP contribution is 2.18. The number of carbonyl (C=O) groups is 2. The predicted molar refractivity (Wildman–Crippen MR) is 70.9 cm³/mol. The number of ketones is 1. The number of aromatic nitrogens is 1. The molecule has 6 heteroatoms. The summed E-state index contributed by atoms with van der Waals surface area (Å²) in [6.45, 7) is 1.43. The molecule has 0 spiro atoms. The third kappa shape index (κ3) is 2.54. The quantitative estimate of drug-likeness (QED) is 0.655. The van der Waals surface area contributed by atoms with Gasteiger partial charge >= 0.3 is 0 Å². The lowest BCUT2D eigenvalue weighted by atomic mass is 10.2. The molecule has 0 aliphatic heterocycles. The maximum absolute atomic E-state index is 11.9. The fourth-order valence-electron chi connectivity index (χ4n) is 1.36. The largest absolute Gasteiger partial charge is 0.398 e. The average molecular weight is 261 g/mol. The maximum atomic E-state index is 11.9. The number of rotatable bonds is 3. The zero-order valence-corrected chi connectivity index (χ0v) is 10.5. The van der Waals surface area contributed by atoms with Crippen molar-refractivity contribution in [2.24, 2.45) is 0 Å². The van der Waals surface area contributed by atoms with Crippen LogP contribution in [0.3, 0.4) is 0 Å². The van der Waals surface area contributed by atoms with E-state index >= 15 is 0 Å². The highest BCUT2D eigenvalue weighted by atomic mass is 32.1. The van der Waals surface area contributed by atoms with E-state index in [1.165, 1.54) is 18.3 Å². The molecule has 1 heterocycles. The number of benzene rings is 1. The van der Waals surface area contributed by atoms with Gasteiger partial charge in [-0.3, -0.25) is 14.9 Å². The number of anilines is 2. The molecule has 0 aliphatic carbocycles. The third-order valence-corrected chi connectivity index (χ3v) is 3.05. The van der Waals surface area contributed by atoms with Gasteiger partial charge in [0.2, 0.25) is 0 Å². The number of hydrogen-bond donors (Lipinski definition) is 2. The van der Waals surface area contributed by atoms with E-state index in [2.05, 4.69) is 10.3 Å². The number of nitrogens with zero attached hydrogens (tertiary/aromatic N) is 1. The van der Waals surface area contributed by atoms with E-state index in [4.69, 9.17) is 5.73 Å². The van der Waals surface area contributed by atoms with Crippen molar-refractivity contribution >= 4 is 33.8 Å². The number of hydrogen-bond acceptors (Lipinski definition) is 5. The van der Waals surface area contributed by atoms with Crippen LogP contribution in [0.1, 0.15) is 27.8 Å². The predicted octanol–water partition coefficient (Wildman–Crippen LogP) is 2.18. The second-order valence-electron chi connectivity index (χ2n) is 3.64. The van der Waals surface area contributed by atoms with Gasteiger partial charge in [0.1, 0.15) is 5.69 Å². The van der Waals surface area contributed by atoms with Crippen molar-refractivity contribution in [3.63, 3.8) is 0 Å². The normalized spacial score (nSPS) is 10.1. The number of para-hydroxylation sites is 1. The van der Waals surface area contributed by atoms with Gasteiger partial charge in [-0.15, -0.1) is 11.3 Å². The summed E-state index contributed by atoms with van der Waals surface area (Å²) < 4.78 is 0. The summed E-state index contributed by atoms with van der Waals surface area (Å²) in [5.74, 6) is -0.469. The summed E-state index contributed by atoms with van der Waals surface area (Å²) >= 11 is 1.20. The van der Waals surface area contributed by atoms with Gasteiger partial charge in [-0.05, 0) is 12.1 Å². The Morgan fingerprint density at radius 2 is 2.06 bits per heavy atom. The summed E-state index contributed by atoms with van der Waals surface area (Å²) in [7, 11) is 0. The highest BCUT2D eigenvalue weighted by Gasteiger charge is 2.12. The molecular weight excluding hydrogens is 250 g/mol. The Hall–Kier alpha value is -2.21. The zero-order chi connectivity index (χ0) is 13.1.